The zero-order chi connectivity index (χ0) is 18.2. The van der Waals surface area contributed by atoms with Gasteiger partial charge in [0, 0.05) is 11.0 Å². The van der Waals surface area contributed by atoms with Gasteiger partial charge in [-0.1, -0.05) is 40.2 Å². The zero-order valence-corrected chi connectivity index (χ0v) is 16.5. The SMILES string of the molecule is CCOc1ccc(CN(C)CC(=O)NC(C)c2ccc(Br)cc2)cc1. The second-order valence-corrected chi connectivity index (χ2v) is 7.01. The molecule has 0 fully saturated rings. The van der Waals surface area contributed by atoms with Crippen LogP contribution in [0.4, 0.5) is 0 Å². The van der Waals surface area contributed by atoms with Crippen molar-refractivity contribution < 1.29 is 9.53 Å². The Bertz CT molecular complexity index is 671. The molecule has 2 aromatic carbocycles. The number of rotatable bonds is 8. The first-order valence-electron chi connectivity index (χ1n) is 8.43. The van der Waals surface area contributed by atoms with Gasteiger partial charge in [0.15, 0.2) is 0 Å². The minimum absolute atomic E-state index is 0.0144. The lowest BCUT2D eigenvalue weighted by atomic mass is 10.1. The van der Waals surface area contributed by atoms with Crippen LogP contribution in [0.1, 0.15) is 31.0 Å². The molecule has 4 nitrogen and oxygen atoms in total. The summed E-state index contributed by atoms with van der Waals surface area (Å²) < 4.78 is 6.48. The van der Waals surface area contributed by atoms with E-state index < -0.39 is 0 Å². The lowest BCUT2D eigenvalue weighted by Gasteiger charge is -2.19. The van der Waals surface area contributed by atoms with E-state index in [0.29, 0.717) is 19.7 Å². The molecule has 1 N–H and O–H groups in total. The summed E-state index contributed by atoms with van der Waals surface area (Å²) >= 11 is 3.42. The minimum Gasteiger partial charge on any atom is -0.494 e. The fraction of sp³-hybridized carbons (Fsp3) is 0.350. The summed E-state index contributed by atoms with van der Waals surface area (Å²) in [4.78, 5) is 14.3. The molecule has 2 aromatic rings. The monoisotopic (exact) mass is 404 g/mol. The number of halogens is 1. The van der Waals surface area contributed by atoms with Crippen molar-refractivity contribution in [3.05, 3.63) is 64.1 Å². The predicted octanol–water partition coefficient (Wildman–Crippen LogP) is 4.16. The molecule has 0 heterocycles. The highest BCUT2D eigenvalue weighted by molar-refractivity contribution is 9.10. The second-order valence-electron chi connectivity index (χ2n) is 6.09. The normalized spacial score (nSPS) is 12.0. The van der Waals surface area contributed by atoms with Crippen LogP contribution < -0.4 is 10.1 Å². The van der Waals surface area contributed by atoms with Gasteiger partial charge in [-0.15, -0.1) is 0 Å². The number of carbonyl (C=O) groups excluding carboxylic acids is 1. The predicted molar refractivity (Wildman–Crippen MR) is 105 cm³/mol. The number of nitrogens with zero attached hydrogens (tertiary/aromatic N) is 1. The van der Waals surface area contributed by atoms with Gasteiger partial charge in [-0.25, -0.2) is 0 Å². The third kappa shape index (κ3) is 6.52. The Morgan fingerprint density at radius 3 is 2.40 bits per heavy atom. The van der Waals surface area contributed by atoms with Crippen LogP contribution in [0, 0.1) is 0 Å². The number of carbonyl (C=O) groups is 1. The average Bonchev–Trinajstić information content (AvgIpc) is 2.57. The van der Waals surface area contributed by atoms with Crippen molar-refractivity contribution in [1.82, 2.24) is 10.2 Å². The highest BCUT2D eigenvalue weighted by Gasteiger charge is 2.12. The van der Waals surface area contributed by atoms with Crippen LogP contribution in [-0.2, 0) is 11.3 Å². The topological polar surface area (TPSA) is 41.6 Å². The molecule has 0 spiro atoms. The maximum atomic E-state index is 12.3. The van der Waals surface area contributed by atoms with E-state index in [4.69, 9.17) is 4.74 Å². The van der Waals surface area contributed by atoms with Gasteiger partial charge in [-0.3, -0.25) is 9.69 Å². The van der Waals surface area contributed by atoms with Gasteiger partial charge < -0.3 is 10.1 Å². The standard InChI is InChI=1S/C20H25BrN2O2/c1-4-25-19-11-5-16(6-12-19)13-23(3)14-20(24)22-15(2)17-7-9-18(21)10-8-17/h5-12,15H,4,13-14H2,1-3H3,(H,22,24). The molecule has 0 aliphatic heterocycles. The third-order valence-electron chi connectivity index (χ3n) is 3.85. The first kappa shape index (κ1) is 19.5. The van der Waals surface area contributed by atoms with E-state index in [0.717, 1.165) is 21.3 Å². The quantitative estimate of drug-likeness (QED) is 0.717. The summed E-state index contributed by atoms with van der Waals surface area (Å²) in [6, 6.07) is 16.0. The summed E-state index contributed by atoms with van der Waals surface area (Å²) in [7, 11) is 1.94. The number of amides is 1. The van der Waals surface area contributed by atoms with Gasteiger partial charge in [0.05, 0.1) is 19.2 Å². The fourth-order valence-corrected chi connectivity index (χ4v) is 2.86. The molecule has 0 aliphatic rings. The molecule has 5 heteroatoms. The van der Waals surface area contributed by atoms with E-state index in [1.54, 1.807) is 0 Å². The van der Waals surface area contributed by atoms with Crippen molar-refractivity contribution in [3.8, 4) is 5.75 Å². The van der Waals surface area contributed by atoms with Gasteiger partial charge in [-0.2, -0.15) is 0 Å². The number of nitrogens with one attached hydrogen (secondary N) is 1. The zero-order valence-electron chi connectivity index (χ0n) is 15.0. The lowest BCUT2D eigenvalue weighted by molar-refractivity contribution is -0.122. The Hall–Kier alpha value is -1.85. The van der Waals surface area contributed by atoms with E-state index in [1.807, 2.05) is 74.3 Å². The highest BCUT2D eigenvalue weighted by Crippen LogP contribution is 2.16. The summed E-state index contributed by atoms with van der Waals surface area (Å²) in [6.45, 7) is 5.69. The van der Waals surface area contributed by atoms with Crippen LogP contribution in [0.15, 0.2) is 53.0 Å². The third-order valence-corrected chi connectivity index (χ3v) is 4.38. The highest BCUT2D eigenvalue weighted by atomic mass is 79.9. The Balaban J connectivity index is 1.81. The number of benzene rings is 2. The maximum absolute atomic E-state index is 12.3. The van der Waals surface area contributed by atoms with Crippen molar-refractivity contribution in [1.29, 1.82) is 0 Å². The van der Waals surface area contributed by atoms with Gasteiger partial charge in [0.2, 0.25) is 5.91 Å². The first-order chi connectivity index (χ1) is 12.0. The summed E-state index contributed by atoms with van der Waals surface area (Å²) in [5.74, 6) is 0.888. The van der Waals surface area contributed by atoms with Crippen LogP contribution in [0.3, 0.4) is 0 Å². The van der Waals surface area contributed by atoms with Crippen LogP contribution >= 0.6 is 15.9 Å². The Morgan fingerprint density at radius 2 is 1.80 bits per heavy atom. The number of ether oxygens (including phenoxy) is 1. The number of hydrogen-bond donors (Lipinski definition) is 1. The maximum Gasteiger partial charge on any atom is 0.234 e. The van der Waals surface area contributed by atoms with Gasteiger partial charge >= 0.3 is 0 Å². The molecule has 1 amide bonds. The van der Waals surface area contributed by atoms with E-state index in [2.05, 4.69) is 21.2 Å². The molecule has 1 atom stereocenters. The largest absolute Gasteiger partial charge is 0.494 e. The average molecular weight is 405 g/mol. The van der Waals surface area contributed by atoms with Crippen molar-refractivity contribution in [2.45, 2.75) is 26.4 Å². The smallest absolute Gasteiger partial charge is 0.234 e. The van der Waals surface area contributed by atoms with Gasteiger partial charge in [0.25, 0.3) is 0 Å². The second kappa shape index (κ2) is 9.59. The molecule has 0 aliphatic carbocycles. The Labute approximate surface area is 158 Å². The van der Waals surface area contributed by atoms with Crippen molar-refractivity contribution in [2.75, 3.05) is 20.2 Å². The molecule has 1 unspecified atom stereocenters. The molecule has 25 heavy (non-hydrogen) atoms. The van der Waals surface area contributed by atoms with Crippen molar-refractivity contribution in [2.24, 2.45) is 0 Å². The summed E-state index contributed by atoms with van der Waals surface area (Å²) in [6.07, 6.45) is 0. The minimum atomic E-state index is -0.0144. The van der Waals surface area contributed by atoms with Crippen LogP contribution in [0.2, 0.25) is 0 Å². The molecular formula is C20H25BrN2O2. The van der Waals surface area contributed by atoms with E-state index in [1.165, 1.54) is 0 Å². The van der Waals surface area contributed by atoms with Crippen molar-refractivity contribution in [3.63, 3.8) is 0 Å². The van der Waals surface area contributed by atoms with Crippen LogP contribution in [-0.4, -0.2) is 31.0 Å². The molecule has 2 rings (SSSR count). The first-order valence-corrected chi connectivity index (χ1v) is 9.22. The van der Waals surface area contributed by atoms with E-state index >= 15 is 0 Å². The summed E-state index contributed by atoms with van der Waals surface area (Å²) in [5, 5.41) is 3.04. The lowest BCUT2D eigenvalue weighted by Crippen LogP contribution is -2.36. The van der Waals surface area contributed by atoms with E-state index in [9.17, 15) is 4.79 Å². The number of hydrogen-bond acceptors (Lipinski definition) is 3. The molecule has 0 bridgehead atoms. The molecule has 0 aromatic heterocycles. The molecule has 0 radical (unpaired) electrons. The molecule has 134 valence electrons. The van der Waals surface area contributed by atoms with Gasteiger partial charge in [0.1, 0.15) is 5.75 Å². The summed E-state index contributed by atoms with van der Waals surface area (Å²) in [5.41, 5.74) is 2.24. The van der Waals surface area contributed by atoms with Crippen molar-refractivity contribution >= 4 is 21.8 Å². The van der Waals surface area contributed by atoms with E-state index in [-0.39, 0.29) is 11.9 Å². The fourth-order valence-electron chi connectivity index (χ4n) is 2.59. The molecule has 0 saturated heterocycles. The Kier molecular flexibility index (Phi) is 7.47. The number of likely N-dealkylation sites (N-methyl/N-ethyl adjacent to an activating group) is 1. The van der Waals surface area contributed by atoms with Crippen LogP contribution in [0.5, 0.6) is 5.75 Å². The van der Waals surface area contributed by atoms with Gasteiger partial charge in [-0.05, 0) is 56.3 Å². The Morgan fingerprint density at radius 1 is 1.16 bits per heavy atom. The molecule has 0 saturated carbocycles. The molecular weight excluding hydrogens is 380 g/mol. The van der Waals surface area contributed by atoms with Crippen LogP contribution in [0.25, 0.3) is 0 Å².